The molecule has 0 aromatic heterocycles. The molecule has 0 amide bonds. The Balaban J connectivity index is 2.69. The average molecular weight is 343 g/mol. The third kappa shape index (κ3) is 5.25. The number of ether oxygens (including phenoxy) is 1. The van der Waals surface area contributed by atoms with Gasteiger partial charge in [0.05, 0.1) is 18.0 Å². The molecule has 1 N–H and O–H groups in total. The van der Waals surface area contributed by atoms with Crippen molar-refractivity contribution in [3.8, 4) is 0 Å². The number of hydrogen-bond donors (Lipinski definition) is 1. The van der Waals surface area contributed by atoms with E-state index in [-0.39, 0.29) is 12.4 Å². The highest BCUT2D eigenvalue weighted by atomic mass is 79.9. The molecule has 0 saturated carbocycles. The topological polar surface area (TPSA) is 55.4 Å². The van der Waals surface area contributed by atoms with Gasteiger partial charge in [-0.3, -0.25) is 4.72 Å². The smallest absolute Gasteiger partial charge is 0.235 e. The summed E-state index contributed by atoms with van der Waals surface area (Å²) in [6, 6.07) is 4.85. The maximum Gasteiger partial charge on any atom is 0.235 e. The van der Waals surface area contributed by atoms with Crippen molar-refractivity contribution in [2.45, 2.75) is 6.92 Å². The maximum absolute atomic E-state index is 11.7. The molecule has 0 bridgehead atoms. The lowest BCUT2D eigenvalue weighted by Crippen LogP contribution is -2.20. The molecule has 0 radical (unpaired) electrons. The lowest BCUT2D eigenvalue weighted by molar-refractivity contribution is 0.163. The van der Waals surface area contributed by atoms with E-state index in [1.165, 1.54) is 0 Å². The standard InChI is InChI=1S/C10H13BrClNO3S/c1-2-16-5-6-17(14,15)13-10-4-3-8(12)7-9(10)11/h3-4,7,13H,2,5-6H2,1H3. The van der Waals surface area contributed by atoms with Crippen LogP contribution >= 0.6 is 27.5 Å². The first-order valence-electron chi connectivity index (χ1n) is 4.98. The maximum atomic E-state index is 11.7. The molecule has 0 aliphatic rings. The zero-order chi connectivity index (χ0) is 12.9. The lowest BCUT2D eigenvalue weighted by Gasteiger charge is -2.09. The van der Waals surface area contributed by atoms with Crippen LogP contribution in [0.4, 0.5) is 5.69 Å². The molecule has 0 fully saturated rings. The summed E-state index contributed by atoms with van der Waals surface area (Å²) in [5, 5.41) is 0.536. The second kappa shape index (κ2) is 6.58. The molecule has 0 aliphatic carbocycles. The largest absolute Gasteiger partial charge is 0.381 e. The van der Waals surface area contributed by atoms with E-state index < -0.39 is 10.0 Å². The van der Waals surface area contributed by atoms with Crippen LogP contribution in [0.15, 0.2) is 22.7 Å². The van der Waals surface area contributed by atoms with Gasteiger partial charge in [-0.2, -0.15) is 0 Å². The van der Waals surface area contributed by atoms with Crippen molar-refractivity contribution in [1.29, 1.82) is 0 Å². The van der Waals surface area contributed by atoms with E-state index in [0.717, 1.165) is 0 Å². The third-order valence-corrected chi connectivity index (χ3v) is 4.02. The van der Waals surface area contributed by atoms with E-state index in [9.17, 15) is 8.42 Å². The van der Waals surface area contributed by atoms with Crippen molar-refractivity contribution in [3.05, 3.63) is 27.7 Å². The minimum absolute atomic E-state index is 0.0735. The zero-order valence-electron chi connectivity index (χ0n) is 9.24. The van der Waals surface area contributed by atoms with Crippen LogP contribution in [0.2, 0.25) is 5.02 Å². The first-order chi connectivity index (χ1) is 7.94. The normalized spacial score (nSPS) is 11.5. The Morgan fingerprint density at radius 2 is 2.18 bits per heavy atom. The lowest BCUT2D eigenvalue weighted by atomic mass is 10.3. The molecular formula is C10H13BrClNO3S. The van der Waals surface area contributed by atoms with Crippen molar-refractivity contribution in [1.82, 2.24) is 0 Å². The number of sulfonamides is 1. The van der Waals surface area contributed by atoms with E-state index in [0.29, 0.717) is 21.8 Å². The minimum atomic E-state index is -3.39. The minimum Gasteiger partial charge on any atom is -0.381 e. The SMILES string of the molecule is CCOCCS(=O)(=O)Nc1ccc(Cl)cc1Br. The van der Waals surface area contributed by atoms with Gasteiger partial charge in [-0.25, -0.2) is 8.42 Å². The fraction of sp³-hybridized carbons (Fsp3) is 0.400. The predicted octanol–water partition coefficient (Wildman–Crippen LogP) is 2.88. The number of anilines is 1. The zero-order valence-corrected chi connectivity index (χ0v) is 12.4. The molecule has 4 nitrogen and oxygen atoms in total. The molecule has 1 rings (SSSR count). The molecule has 7 heteroatoms. The Bertz CT molecular complexity index is 478. The quantitative estimate of drug-likeness (QED) is 0.809. The number of nitrogens with one attached hydrogen (secondary N) is 1. The summed E-state index contributed by atoms with van der Waals surface area (Å²) in [4.78, 5) is 0. The summed E-state index contributed by atoms with van der Waals surface area (Å²) in [6.07, 6.45) is 0. The van der Waals surface area contributed by atoms with Gasteiger partial charge in [-0.15, -0.1) is 0 Å². The highest BCUT2D eigenvalue weighted by Crippen LogP contribution is 2.26. The van der Waals surface area contributed by atoms with Gasteiger partial charge in [0.15, 0.2) is 0 Å². The van der Waals surface area contributed by atoms with Crippen LogP contribution in [-0.2, 0) is 14.8 Å². The van der Waals surface area contributed by atoms with E-state index in [4.69, 9.17) is 16.3 Å². The summed E-state index contributed by atoms with van der Waals surface area (Å²) in [6.45, 7) is 2.49. The van der Waals surface area contributed by atoms with Crippen molar-refractivity contribution in [3.63, 3.8) is 0 Å². The fourth-order valence-corrected chi connectivity index (χ4v) is 2.97. The molecular weight excluding hydrogens is 330 g/mol. The highest BCUT2D eigenvalue weighted by Gasteiger charge is 2.12. The van der Waals surface area contributed by atoms with Crippen LogP contribution in [0.1, 0.15) is 6.92 Å². The average Bonchev–Trinajstić information content (AvgIpc) is 2.22. The van der Waals surface area contributed by atoms with Crippen molar-refractivity contribution in [2.75, 3.05) is 23.7 Å². The Morgan fingerprint density at radius 1 is 1.47 bits per heavy atom. The summed E-state index contributed by atoms with van der Waals surface area (Å²) < 4.78 is 31.4. The highest BCUT2D eigenvalue weighted by molar-refractivity contribution is 9.10. The van der Waals surface area contributed by atoms with Gasteiger partial charge in [-0.05, 0) is 41.1 Å². The van der Waals surface area contributed by atoms with Crippen LogP contribution in [0.25, 0.3) is 0 Å². The number of rotatable bonds is 6. The Kier molecular flexibility index (Phi) is 5.72. The van der Waals surface area contributed by atoms with Crippen LogP contribution in [0, 0.1) is 0 Å². The van der Waals surface area contributed by atoms with Gasteiger partial charge in [0, 0.05) is 16.1 Å². The fourth-order valence-electron chi connectivity index (χ4n) is 1.10. The molecule has 0 saturated heterocycles. The number of hydrogen-bond acceptors (Lipinski definition) is 3. The number of halogens is 2. The van der Waals surface area contributed by atoms with Gasteiger partial charge >= 0.3 is 0 Å². The molecule has 96 valence electrons. The van der Waals surface area contributed by atoms with Crippen LogP contribution < -0.4 is 4.72 Å². The summed E-state index contributed by atoms with van der Waals surface area (Å²) in [5.74, 6) is -0.0735. The van der Waals surface area contributed by atoms with Gasteiger partial charge in [0.2, 0.25) is 10.0 Å². The molecule has 0 aliphatic heterocycles. The van der Waals surface area contributed by atoms with Gasteiger partial charge in [0.25, 0.3) is 0 Å². The summed E-state index contributed by atoms with van der Waals surface area (Å²) >= 11 is 9.00. The van der Waals surface area contributed by atoms with Gasteiger partial charge in [-0.1, -0.05) is 11.6 Å². The van der Waals surface area contributed by atoms with Crippen molar-refractivity contribution in [2.24, 2.45) is 0 Å². The third-order valence-electron chi connectivity index (χ3n) is 1.90. The molecule has 1 aromatic carbocycles. The summed E-state index contributed by atoms with van der Waals surface area (Å²) in [5.41, 5.74) is 0.464. The first-order valence-corrected chi connectivity index (χ1v) is 7.80. The van der Waals surface area contributed by atoms with Gasteiger partial charge in [0.1, 0.15) is 0 Å². The second-order valence-corrected chi connectivity index (χ2v) is 6.37. The van der Waals surface area contributed by atoms with E-state index in [2.05, 4.69) is 20.7 Å². The molecule has 17 heavy (non-hydrogen) atoms. The van der Waals surface area contributed by atoms with Crippen molar-refractivity contribution >= 4 is 43.2 Å². The molecule has 0 atom stereocenters. The predicted molar refractivity (Wildman–Crippen MR) is 73.1 cm³/mol. The first kappa shape index (κ1) is 14.8. The Morgan fingerprint density at radius 3 is 2.76 bits per heavy atom. The number of benzene rings is 1. The van der Waals surface area contributed by atoms with E-state index in [1.54, 1.807) is 18.2 Å². The molecule has 0 unspecified atom stereocenters. The molecule has 0 heterocycles. The summed E-state index contributed by atoms with van der Waals surface area (Å²) in [7, 11) is -3.39. The molecule has 1 aromatic rings. The van der Waals surface area contributed by atoms with E-state index >= 15 is 0 Å². The Hall–Kier alpha value is -0.300. The van der Waals surface area contributed by atoms with Gasteiger partial charge < -0.3 is 4.74 Å². The van der Waals surface area contributed by atoms with E-state index in [1.807, 2.05) is 6.92 Å². The Labute approximate surface area is 114 Å². The van der Waals surface area contributed by atoms with Crippen LogP contribution in [0.5, 0.6) is 0 Å². The van der Waals surface area contributed by atoms with Crippen LogP contribution in [0.3, 0.4) is 0 Å². The molecule has 0 spiro atoms. The monoisotopic (exact) mass is 341 g/mol. The second-order valence-electron chi connectivity index (χ2n) is 3.24. The van der Waals surface area contributed by atoms with Crippen molar-refractivity contribution < 1.29 is 13.2 Å². The van der Waals surface area contributed by atoms with Crippen LogP contribution in [-0.4, -0.2) is 27.4 Å².